The van der Waals surface area contributed by atoms with E-state index in [9.17, 15) is 22.6 Å². The number of carbonyl (C=O) groups excluding carboxylic acids is 2. The molecule has 16 heteroatoms. The number of benzene rings is 3. The summed E-state index contributed by atoms with van der Waals surface area (Å²) in [6, 6.07) is 20.3. The highest BCUT2D eigenvalue weighted by atomic mass is 32.2. The molecule has 2 N–H and O–H groups in total. The summed E-state index contributed by atoms with van der Waals surface area (Å²) in [6.07, 6.45) is 4.51. The molecule has 1 aliphatic heterocycles. The molecule has 3 aromatic rings. The summed E-state index contributed by atoms with van der Waals surface area (Å²) in [5.74, 6) is -1.19. The van der Waals surface area contributed by atoms with Gasteiger partial charge in [-0.15, -0.1) is 21.1 Å². The number of ether oxygens (including phenoxy) is 1. The number of carbonyl (C=O) groups is 2. The van der Waals surface area contributed by atoms with E-state index in [2.05, 4.69) is 29.4 Å². The van der Waals surface area contributed by atoms with Gasteiger partial charge in [0, 0.05) is 23.7 Å². The fourth-order valence-corrected chi connectivity index (χ4v) is 9.99. The number of nitrogens with one attached hydrogen (secondary N) is 2. The Balaban J connectivity index is 1.60. The van der Waals surface area contributed by atoms with E-state index < -0.39 is 64.8 Å². The maximum absolute atomic E-state index is 14.3. The predicted molar refractivity (Wildman–Crippen MR) is 223 cm³/mol. The molecule has 3 aromatic carbocycles. The quantitative estimate of drug-likeness (QED) is 0.0543. The summed E-state index contributed by atoms with van der Waals surface area (Å²) in [4.78, 5) is 40.7. The third-order valence-electron chi connectivity index (χ3n) is 9.05. The van der Waals surface area contributed by atoms with Crippen molar-refractivity contribution in [3.8, 4) is 5.75 Å². The van der Waals surface area contributed by atoms with E-state index in [-0.39, 0.29) is 16.4 Å². The highest BCUT2D eigenvalue weighted by Gasteiger charge is 2.42. The molecular formula is C41H58N3O10PS2. The lowest BCUT2D eigenvalue weighted by Gasteiger charge is -2.36. The summed E-state index contributed by atoms with van der Waals surface area (Å²) in [5, 5.41) is 5.24. The van der Waals surface area contributed by atoms with Crippen molar-refractivity contribution in [3.63, 3.8) is 0 Å². The van der Waals surface area contributed by atoms with Crippen LogP contribution in [0.25, 0.3) is 0 Å². The van der Waals surface area contributed by atoms with Crippen LogP contribution in [0.15, 0.2) is 82.6 Å². The van der Waals surface area contributed by atoms with Crippen molar-refractivity contribution < 1.29 is 46.4 Å². The first-order valence-corrected chi connectivity index (χ1v) is 23.7. The van der Waals surface area contributed by atoms with E-state index in [0.717, 1.165) is 24.9 Å². The van der Waals surface area contributed by atoms with Gasteiger partial charge in [0.25, 0.3) is 5.91 Å². The van der Waals surface area contributed by atoms with Crippen molar-refractivity contribution in [2.24, 2.45) is 5.41 Å². The van der Waals surface area contributed by atoms with Crippen LogP contribution in [0, 0.1) is 5.41 Å². The molecule has 0 aromatic heterocycles. The number of unbranched alkanes of at least 4 members (excludes halogenated alkanes) is 1. The number of hydrogen-bond donors (Lipinski definition) is 2. The number of nitrogens with zero attached hydrogens (tertiary/aromatic N) is 1. The second-order valence-corrected chi connectivity index (χ2v) is 20.8. The number of rotatable bonds is 18. The monoisotopic (exact) mass is 847 g/mol. The van der Waals surface area contributed by atoms with Gasteiger partial charge in [0.1, 0.15) is 18.1 Å². The van der Waals surface area contributed by atoms with Gasteiger partial charge >= 0.3 is 7.60 Å². The molecule has 4 rings (SSSR count). The molecule has 1 unspecified atom stereocenters. The molecule has 2 atom stereocenters. The molecule has 13 nitrogen and oxygen atoms in total. The highest BCUT2D eigenvalue weighted by molar-refractivity contribution is 7.98. The van der Waals surface area contributed by atoms with E-state index in [4.69, 9.17) is 23.9 Å². The van der Waals surface area contributed by atoms with Crippen LogP contribution in [0.1, 0.15) is 92.7 Å². The Morgan fingerprint density at radius 1 is 0.930 bits per heavy atom. The van der Waals surface area contributed by atoms with Gasteiger partial charge in [-0.2, -0.15) is 0 Å². The molecule has 57 heavy (non-hydrogen) atoms. The number of thioether (sulfide) groups is 1. The molecule has 0 saturated heterocycles. The van der Waals surface area contributed by atoms with Gasteiger partial charge in [0.15, 0.2) is 16.4 Å². The zero-order chi connectivity index (χ0) is 42.1. The van der Waals surface area contributed by atoms with E-state index in [0.29, 0.717) is 29.1 Å². The molecule has 0 bridgehead atoms. The number of para-hydroxylation sites is 1. The minimum atomic E-state index is -4.23. The van der Waals surface area contributed by atoms with Crippen molar-refractivity contribution in [2.45, 2.75) is 108 Å². The molecule has 0 saturated carbocycles. The Labute approximate surface area is 342 Å². The summed E-state index contributed by atoms with van der Waals surface area (Å²) in [5.41, 5.74) is -0.337. The van der Waals surface area contributed by atoms with Crippen molar-refractivity contribution >= 4 is 52.4 Å². The topological polar surface area (TPSA) is 159 Å². The van der Waals surface area contributed by atoms with Crippen LogP contribution in [0.2, 0.25) is 0 Å². The summed E-state index contributed by atoms with van der Waals surface area (Å²) < 4.78 is 58.7. The largest absolute Gasteiger partial charge is 0.483 e. The van der Waals surface area contributed by atoms with Crippen molar-refractivity contribution in [1.82, 2.24) is 10.6 Å². The van der Waals surface area contributed by atoms with E-state index >= 15 is 0 Å². The van der Waals surface area contributed by atoms with E-state index in [1.807, 2.05) is 42.7 Å². The third kappa shape index (κ3) is 13.3. The van der Waals surface area contributed by atoms with Gasteiger partial charge in [-0.25, -0.2) is 18.2 Å². The average Bonchev–Trinajstić information content (AvgIpc) is 3.27. The van der Waals surface area contributed by atoms with E-state index in [1.165, 1.54) is 17.8 Å². The molecule has 0 radical (unpaired) electrons. The molecule has 0 aliphatic carbocycles. The third-order valence-corrected chi connectivity index (χ3v) is 12.9. The van der Waals surface area contributed by atoms with Crippen LogP contribution < -0.4 is 20.3 Å². The Morgan fingerprint density at radius 2 is 1.53 bits per heavy atom. The van der Waals surface area contributed by atoms with Gasteiger partial charge in [-0.1, -0.05) is 75.2 Å². The van der Waals surface area contributed by atoms with Crippen LogP contribution in [-0.2, 0) is 43.1 Å². The number of amides is 2. The van der Waals surface area contributed by atoms with Crippen molar-refractivity contribution in [2.75, 3.05) is 36.3 Å². The molecular weight excluding hydrogens is 790 g/mol. The standard InChI is InChI=1S/C41H58N3O10PS2/c1-10-12-23-41(11-2)27-44(31-21-17-14-18-22-31)32-24-34(56-9)33(25-35(32)57(48,49)28-41)50-26-36(45)43-37(30-19-15-13-16-20-30)38(46)42-29-55(47,53-51-39(3,4)5)54-52-40(6,7)8/h13-22,24-25,37H,10-12,23,26-29H2,1-9H3,(H,42,46)(H,43,45)/t37-,41?/m1/s1. The highest BCUT2D eigenvalue weighted by Crippen LogP contribution is 2.50. The second kappa shape index (κ2) is 19.5. The molecule has 314 valence electrons. The van der Waals surface area contributed by atoms with Crippen LogP contribution >= 0.6 is 19.4 Å². The van der Waals surface area contributed by atoms with Crippen LogP contribution in [0.4, 0.5) is 11.4 Å². The van der Waals surface area contributed by atoms with Crippen molar-refractivity contribution in [1.29, 1.82) is 0 Å². The first-order chi connectivity index (χ1) is 26.7. The number of sulfone groups is 1. The summed E-state index contributed by atoms with van der Waals surface area (Å²) in [7, 11) is -8.04. The number of fused-ring (bicyclic) bond motifs is 1. The van der Waals surface area contributed by atoms with Gasteiger partial charge in [-0.05, 0) is 84.4 Å². The van der Waals surface area contributed by atoms with Gasteiger partial charge in [0.05, 0.1) is 32.4 Å². The number of anilines is 2. The smallest absolute Gasteiger partial charge is 0.403 e. The lowest BCUT2D eigenvalue weighted by Crippen LogP contribution is -2.42. The second-order valence-electron chi connectivity index (χ2n) is 16.2. The van der Waals surface area contributed by atoms with Crippen molar-refractivity contribution in [3.05, 3.63) is 78.4 Å². The molecule has 1 heterocycles. The minimum absolute atomic E-state index is 0.0209. The molecule has 0 spiro atoms. The van der Waals surface area contributed by atoms with Gasteiger partial charge < -0.3 is 20.3 Å². The van der Waals surface area contributed by atoms with Gasteiger partial charge in [0.2, 0.25) is 5.91 Å². The molecule has 1 aliphatic rings. The summed E-state index contributed by atoms with van der Waals surface area (Å²) in [6.45, 7) is 14.2. The Morgan fingerprint density at radius 3 is 2.07 bits per heavy atom. The first kappa shape index (κ1) is 46.3. The first-order valence-electron chi connectivity index (χ1n) is 19.1. The fraction of sp³-hybridized carbons (Fsp3) is 0.512. The molecule has 2 amide bonds. The molecule has 0 fully saturated rings. The Bertz CT molecular complexity index is 1950. The maximum atomic E-state index is 14.3. The van der Waals surface area contributed by atoms with Crippen LogP contribution in [0.5, 0.6) is 5.75 Å². The Hall–Kier alpha value is -3.43. The SMILES string of the molecule is CCCCC1(CC)CN(c2ccccc2)c2cc(SC)c(OCC(=O)N[C@@H](C(=O)NCP(=O)(OOC(C)(C)C)OOC(C)(C)C)c3ccccc3)cc2S(=O)(=O)C1. The minimum Gasteiger partial charge on any atom is -0.483 e. The maximum Gasteiger partial charge on any atom is 0.403 e. The number of hydrogen-bond acceptors (Lipinski definition) is 12. The lowest BCUT2D eigenvalue weighted by molar-refractivity contribution is -0.326. The van der Waals surface area contributed by atoms with Gasteiger partial charge in [-0.3, -0.25) is 14.2 Å². The average molecular weight is 848 g/mol. The van der Waals surface area contributed by atoms with Crippen LogP contribution in [-0.4, -0.2) is 62.9 Å². The van der Waals surface area contributed by atoms with Crippen LogP contribution in [0.3, 0.4) is 0 Å². The van der Waals surface area contributed by atoms with E-state index in [1.54, 1.807) is 71.9 Å². The fourth-order valence-electron chi connectivity index (χ4n) is 6.11. The zero-order valence-corrected chi connectivity index (χ0v) is 37.0. The Kier molecular flexibility index (Phi) is 15.9. The summed E-state index contributed by atoms with van der Waals surface area (Å²) >= 11 is 1.37. The lowest BCUT2D eigenvalue weighted by atomic mass is 9.81. The predicted octanol–water partition coefficient (Wildman–Crippen LogP) is 8.92. The zero-order valence-electron chi connectivity index (χ0n) is 34.5. The normalized spacial score (nSPS) is 17.6.